The largest absolute Gasteiger partial charge is 0.491 e. The minimum absolute atomic E-state index is 0.121. The second-order valence-corrected chi connectivity index (χ2v) is 6.46. The van der Waals surface area contributed by atoms with Crippen LogP contribution in [0.15, 0.2) is 42.5 Å². The fourth-order valence-electron chi connectivity index (χ4n) is 2.38. The highest BCUT2D eigenvalue weighted by Gasteiger charge is 2.11. The average Bonchev–Trinajstić information content (AvgIpc) is 2.61. The lowest BCUT2D eigenvalue weighted by Crippen LogP contribution is -2.24. The molecule has 0 saturated heterocycles. The SMILES string of the molecule is CCOc1cc(/C=C/C(=O)N(C)Cc2ccc(Cl)cc2)cc(Cl)c1OC. The number of rotatable bonds is 7. The molecule has 4 nitrogen and oxygen atoms in total. The lowest BCUT2D eigenvalue weighted by molar-refractivity contribution is -0.125. The molecule has 0 aromatic heterocycles. The first kappa shape index (κ1) is 20.1. The topological polar surface area (TPSA) is 38.8 Å². The van der Waals surface area contributed by atoms with E-state index in [1.165, 1.54) is 13.2 Å². The first-order valence-corrected chi connectivity index (χ1v) is 8.88. The number of halogens is 2. The molecule has 0 unspecified atom stereocenters. The normalized spacial score (nSPS) is 10.8. The molecule has 0 heterocycles. The van der Waals surface area contributed by atoms with Crippen LogP contribution in [0.2, 0.25) is 10.0 Å². The van der Waals surface area contributed by atoms with Crippen molar-refractivity contribution in [2.24, 2.45) is 0 Å². The Hall–Kier alpha value is -2.17. The first-order valence-electron chi connectivity index (χ1n) is 8.12. The van der Waals surface area contributed by atoms with Gasteiger partial charge in [-0.05, 0) is 48.4 Å². The standard InChI is InChI=1S/C20H21Cl2NO3/c1-4-26-18-12-15(11-17(22)20(18)25-3)7-10-19(24)23(2)13-14-5-8-16(21)9-6-14/h5-12H,4,13H2,1-3H3/b10-7+. The zero-order valence-corrected chi connectivity index (χ0v) is 16.5. The van der Waals surface area contributed by atoms with E-state index in [-0.39, 0.29) is 5.91 Å². The van der Waals surface area contributed by atoms with Crippen molar-refractivity contribution in [2.45, 2.75) is 13.5 Å². The second-order valence-electron chi connectivity index (χ2n) is 5.62. The van der Waals surface area contributed by atoms with Crippen LogP contribution in [0.5, 0.6) is 11.5 Å². The fraction of sp³-hybridized carbons (Fsp3) is 0.250. The van der Waals surface area contributed by atoms with Crippen molar-refractivity contribution in [3.63, 3.8) is 0 Å². The predicted molar refractivity (Wildman–Crippen MR) is 106 cm³/mol. The van der Waals surface area contributed by atoms with Crippen molar-refractivity contribution in [3.8, 4) is 11.5 Å². The summed E-state index contributed by atoms with van der Waals surface area (Å²) in [7, 11) is 3.28. The van der Waals surface area contributed by atoms with Gasteiger partial charge < -0.3 is 14.4 Å². The van der Waals surface area contributed by atoms with E-state index in [4.69, 9.17) is 32.7 Å². The number of amides is 1. The molecule has 2 aromatic carbocycles. The van der Waals surface area contributed by atoms with Crippen LogP contribution in [-0.4, -0.2) is 31.6 Å². The van der Waals surface area contributed by atoms with E-state index in [0.717, 1.165) is 11.1 Å². The first-order chi connectivity index (χ1) is 12.4. The number of likely N-dealkylation sites (N-methyl/N-ethyl adjacent to an activating group) is 1. The molecule has 0 aliphatic rings. The maximum Gasteiger partial charge on any atom is 0.246 e. The zero-order valence-electron chi connectivity index (χ0n) is 15.0. The van der Waals surface area contributed by atoms with E-state index >= 15 is 0 Å². The summed E-state index contributed by atoms with van der Waals surface area (Å²) in [5.74, 6) is 0.908. The Kier molecular flexibility index (Phi) is 7.37. The Bertz CT molecular complexity index is 788. The van der Waals surface area contributed by atoms with Gasteiger partial charge in [-0.15, -0.1) is 0 Å². The lowest BCUT2D eigenvalue weighted by atomic mass is 10.1. The third kappa shape index (κ3) is 5.41. The third-order valence-electron chi connectivity index (χ3n) is 3.66. The molecule has 0 saturated carbocycles. The van der Waals surface area contributed by atoms with Gasteiger partial charge >= 0.3 is 0 Å². The van der Waals surface area contributed by atoms with E-state index in [0.29, 0.717) is 34.7 Å². The van der Waals surface area contributed by atoms with Crippen LogP contribution < -0.4 is 9.47 Å². The summed E-state index contributed by atoms with van der Waals surface area (Å²) >= 11 is 12.1. The highest BCUT2D eigenvalue weighted by molar-refractivity contribution is 6.32. The molecule has 0 aliphatic heterocycles. The summed E-state index contributed by atoms with van der Waals surface area (Å²) in [5, 5.41) is 1.10. The van der Waals surface area contributed by atoms with Gasteiger partial charge in [-0.1, -0.05) is 35.3 Å². The number of hydrogen-bond donors (Lipinski definition) is 0. The van der Waals surface area contributed by atoms with Gasteiger partial charge in [0.1, 0.15) is 0 Å². The Balaban J connectivity index is 2.10. The van der Waals surface area contributed by atoms with E-state index in [9.17, 15) is 4.79 Å². The Morgan fingerprint density at radius 2 is 1.88 bits per heavy atom. The maximum atomic E-state index is 12.3. The Labute approximate surface area is 163 Å². The minimum Gasteiger partial charge on any atom is -0.491 e. The van der Waals surface area contributed by atoms with Crippen LogP contribution in [0.25, 0.3) is 6.08 Å². The number of carbonyl (C=O) groups excluding carboxylic acids is 1. The van der Waals surface area contributed by atoms with Crippen LogP contribution in [0.4, 0.5) is 0 Å². The van der Waals surface area contributed by atoms with Crippen LogP contribution in [-0.2, 0) is 11.3 Å². The molecule has 0 aliphatic carbocycles. The summed E-state index contributed by atoms with van der Waals surface area (Å²) in [6.45, 7) is 2.86. The van der Waals surface area contributed by atoms with Gasteiger partial charge in [0.2, 0.25) is 5.91 Å². The minimum atomic E-state index is -0.121. The van der Waals surface area contributed by atoms with Crippen LogP contribution in [0, 0.1) is 0 Å². The average molecular weight is 394 g/mol. The second kappa shape index (κ2) is 9.51. The van der Waals surface area contributed by atoms with Crippen LogP contribution in [0.1, 0.15) is 18.1 Å². The smallest absolute Gasteiger partial charge is 0.246 e. The number of methoxy groups -OCH3 is 1. The van der Waals surface area contributed by atoms with Crippen molar-refractivity contribution in [3.05, 3.63) is 63.6 Å². The van der Waals surface area contributed by atoms with Gasteiger partial charge in [0.05, 0.1) is 18.7 Å². The third-order valence-corrected chi connectivity index (χ3v) is 4.20. The van der Waals surface area contributed by atoms with Gasteiger partial charge in [0.15, 0.2) is 11.5 Å². The Morgan fingerprint density at radius 1 is 1.19 bits per heavy atom. The molecule has 0 N–H and O–H groups in total. The summed E-state index contributed by atoms with van der Waals surface area (Å²) in [4.78, 5) is 13.9. The molecule has 138 valence electrons. The van der Waals surface area contributed by atoms with E-state index in [1.54, 1.807) is 42.3 Å². The molecular formula is C20H21Cl2NO3. The molecule has 26 heavy (non-hydrogen) atoms. The molecule has 0 radical (unpaired) electrons. The van der Waals surface area contributed by atoms with Gasteiger partial charge in [-0.2, -0.15) is 0 Å². The summed E-state index contributed by atoms with van der Waals surface area (Å²) in [5.41, 5.74) is 1.76. The molecule has 2 rings (SSSR count). The summed E-state index contributed by atoms with van der Waals surface area (Å²) < 4.78 is 10.8. The van der Waals surface area contributed by atoms with Gasteiger partial charge in [0.25, 0.3) is 0 Å². The summed E-state index contributed by atoms with van der Waals surface area (Å²) in [6.07, 6.45) is 3.21. The van der Waals surface area contributed by atoms with E-state index in [2.05, 4.69) is 0 Å². The molecule has 0 fully saturated rings. The van der Waals surface area contributed by atoms with Crippen molar-refractivity contribution in [1.29, 1.82) is 0 Å². The highest BCUT2D eigenvalue weighted by Crippen LogP contribution is 2.36. The fourth-order valence-corrected chi connectivity index (χ4v) is 2.80. The Morgan fingerprint density at radius 3 is 2.50 bits per heavy atom. The van der Waals surface area contributed by atoms with Crippen LogP contribution in [0.3, 0.4) is 0 Å². The number of hydrogen-bond acceptors (Lipinski definition) is 3. The molecule has 1 amide bonds. The van der Waals surface area contributed by atoms with E-state index in [1.807, 2.05) is 19.1 Å². The molecule has 0 bridgehead atoms. The van der Waals surface area contributed by atoms with Crippen molar-refractivity contribution in [2.75, 3.05) is 20.8 Å². The maximum absolute atomic E-state index is 12.3. The predicted octanol–water partition coefficient (Wildman–Crippen LogP) is 5.07. The van der Waals surface area contributed by atoms with E-state index < -0.39 is 0 Å². The monoisotopic (exact) mass is 393 g/mol. The lowest BCUT2D eigenvalue weighted by Gasteiger charge is -2.15. The van der Waals surface area contributed by atoms with Crippen molar-refractivity contribution < 1.29 is 14.3 Å². The molecule has 0 spiro atoms. The molecule has 6 heteroatoms. The summed E-state index contributed by atoms with van der Waals surface area (Å²) in [6, 6.07) is 10.9. The van der Waals surface area contributed by atoms with Gasteiger partial charge in [-0.25, -0.2) is 0 Å². The number of nitrogens with zero attached hydrogens (tertiary/aromatic N) is 1. The molecule has 0 atom stereocenters. The van der Waals surface area contributed by atoms with Crippen LogP contribution >= 0.6 is 23.2 Å². The van der Waals surface area contributed by atoms with Crippen molar-refractivity contribution in [1.82, 2.24) is 4.90 Å². The number of carbonyl (C=O) groups is 1. The quantitative estimate of drug-likeness (QED) is 0.616. The highest BCUT2D eigenvalue weighted by atomic mass is 35.5. The van der Waals surface area contributed by atoms with Crippen molar-refractivity contribution >= 4 is 35.2 Å². The number of ether oxygens (including phenoxy) is 2. The zero-order chi connectivity index (χ0) is 19.1. The van der Waals surface area contributed by atoms with Gasteiger partial charge in [0, 0.05) is 24.7 Å². The van der Waals surface area contributed by atoms with Gasteiger partial charge in [-0.3, -0.25) is 4.79 Å². The molecule has 2 aromatic rings. The number of benzene rings is 2. The molecular weight excluding hydrogens is 373 g/mol.